The van der Waals surface area contributed by atoms with Gasteiger partial charge in [-0.05, 0) is 79.8 Å². The van der Waals surface area contributed by atoms with E-state index in [2.05, 4.69) is 31.1 Å². The molecule has 15 heteroatoms. The van der Waals surface area contributed by atoms with Gasteiger partial charge in [0.25, 0.3) is 11.8 Å². The second-order valence-electron chi connectivity index (χ2n) is 18.8. The maximum atomic E-state index is 17.2. The highest BCUT2D eigenvalue weighted by Gasteiger charge is 2.65. The molecule has 0 bridgehead atoms. The first-order valence-electron chi connectivity index (χ1n) is 21.7. The van der Waals surface area contributed by atoms with E-state index in [9.17, 15) is 29.2 Å². The summed E-state index contributed by atoms with van der Waals surface area (Å²) in [6, 6.07) is 17.0. The van der Waals surface area contributed by atoms with Gasteiger partial charge in [-0.3, -0.25) is 44.1 Å². The number of halogens is 1. The smallest absolute Gasteiger partial charge is 0.262 e. The molecule has 63 heavy (non-hydrogen) atoms. The number of piperazine rings is 1. The number of fused-ring (bicyclic) bond motifs is 2. The van der Waals surface area contributed by atoms with Gasteiger partial charge in [0.15, 0.2) is 5.82 Å². The van der Waals surface area contributed by atoms with E-state index in [1.807, 2.05) is 39.8 Å². The van der Waals surface area contributed by atoms with Gasteiger partial charge in [-0.25, -0.2) is 4.39 Å². The van der Waals surface area contributed by atoms with E-state index < -0.39 is 58.1 Å². The fraction of sp³-hybridized carbons (Fsp3) is 0.438. The van der Waals surface area contributed by atoms with Crippen LogP contribution in [-0.2, 0) is 9.59 Å². The highest BCUT2D eigenvalue weighted by molar-refractivity contribution is 6.23. The van der Waals surface area contributed by atoms with Gasteiger partial charge in [0, 0.05) is 97.4 Å². The molecule has 14 nitrogen and oxygen atoms in total. The molecule has 3 aromatic carbocycles. The van der Waals surface area contributed by atoms with Crippen molar-refractivity contribution in [3.05, 3.63) is 94.4 Å². The van der Waals surface area contributed by atoms with Crippen LogP contribution in [0.4, 0.5) is 15.8 Å². The summed E-state index contributed by atoms with van der Waals surface area (Å²) in [5, 5.41) is 12.6. The third kappa shape index (κ3) is 7.04. The molecule has 5 aliphatic rings. The number of nitrogens with two attached hydrogens (primary N) is 1. The third-order valence-corrected chi connectivity index (χ3v) is 14.3. The van der Waals surface area contributed by atoms with Crippen LogP contribution in [0.25, 0.3) is 10.9 Å². The van der Waals surface area contributed by atoms with Crippen LogP contribution in [0.2, 0.25) is 0 Å². The number of pyridine rings is 1. The molecule has 3 saturated heterocycles. The summed E-state index contributed by atoms with van der Waals surface area (Å²) in [5.41, 5.74) is 8.07. The highest BCUT2D eigenvalue weighted by Crippen LogP contribution is 2.66. The first kappa shape index (κ1) is 41.9. The summed E-state index contributed by atoms with van der Waals surface area (Å²) in [7, 11) is 0. The number of piperidine rings is 2. The Hall–Kier alpha value is -6.40. The molecular weight excluding hydrogens is 804 g/mol. The number of imide groups is 2. The fourth-order valence-electron chi connectivity index (χ4n) is 11.5. The van der Waals surface area contributed by atoms with Crippen molar-refractivity contribution in [1.82, 2.24) is 20.1 Å². The molecule has 5 heterocycles. The molecule has 9 rings (SSSR count). The lowest BCUT2D eigenvalue weighted by Gasteiger charge is -2.63. The normalized spacial score (nSPS) is 23.6. The quantitative estimate of drug-likeness (QED) is 0.206. The molecule has 1 aliphatic carbocycles. The van der Waals surface area contributed by atoms with Gasteiger partial charge >= 0.3 is 0 Å². The van der Waals surface area contributed by atoms with Crippen molar-refractivity contribution in [1.29, 1.82) is 5.26 Å². The van der Waals surface area contributed by atoms with Gasteiger partial charge in [0.05, 0.1) is 27.9 Å². The topological polar surface area (TPSA) is 182 Å². The van der Waals surface area contributed by atoms with Crippen molar-refractivity contribution in [2.75, 3.05) is 55.6 Å². The van der Waals surface area contributed by atoms with Crippen LogP contribution >= 0.6 is 0 Å². The SMILES string of the molecule is CC1(C)[C@H](Oc2ccc(C#N)c3ncccc23)C(C)(C)[C@H]1c1c(C(N)=O)ccc(N2CCC(CN3CCN(c4ccc5c(c4)C(=O)N(C4CCC(=O)NC4=O)C5=O)CC3)CC2)c1F. The number of nitrogens with zero attached hydrogens (tertiary/aromatic N) is 6. The summed E-state index contributed by atoms with van der Waals surface area (Å²) >= 11 is 0. The summed E-state index contributed by atoms with van der Waals surface area (Å²) in [6.07, 6.45) is 3.21. The van der Waals surface area contributed by atoms with Crippen molar-refractivity contribution < 1.29 is 33.1 Å². The number of primary amides is 1. The number of nitrogens with one attached hydrogen (secondary N) is 1. The van der Waals surface area contributed by atoms with Crippen LogP contribution in [0.5, 0.6) is 5.75 Å². The number of carbonyl (C=O) groups is 5. The zero-order valence-electron chi connectivity index (χ0n) is 35.9. The largest absolute Gasteiger partial charge is 0.489 e. The standard InChI is InChI=1S/C48H51FN8O6/c1-47(2)41(48(3,4)46(47)63-36-13-7-28(25-50)40-31(36)6-5-17-52-40)38-32(42(51)59)10-11-34(39(38)49)56-18-15-27(16-19-56)26-54-20-22-55(23-21-54)29-8-9-30-33(24-29)45(62)57(44(30)61)35-12-14-37(58)53-43(35)60/h5-11,13,17,24,27,35,41,46H,12,14-16,18-23,26H2,1-4H3,(H2,51,59)(H,53,58,60)/t35?,41-,46-. The molecule has 1 unspecified atom stereocenters. The molecule has 1 atom stereocenters. The number of nitriles is 1. The number of carbonyl (C=O) groups excluding carboxylic acids is 5. The van der Waals surface area contributed by atoms with Crippen molar-refractivity contribution in [2.24, 2.45) is 22.5 Å². The van der Waals surface area contributed by atoms with E-state index in [4.69, 9.17) is 10.5 Å². The lowest BCUT2D eigenvalue weighted by Crippen LogP contribution is -2.64. The Balaban J connectivity index is 0.834. The van der Waals surface area contributed by atoms with Gasteiger partial charge in [-0.2, -0.15) is 5.26 Å². The lowest BCUT2D eigenvalue weighted by molar-refractivity contribution is -0.160. The molecule has 4 aromatic rings. The van der Waals surface area contributed by atoms with E-state index >= 15 is 4.39 Å². The average Bonchev–Trinajstić information content (AvgIpc) is 3.51. The van der Waals surface area contributed by atoms with E-state index in [1.165, 1.54) is 0 Å². The van der Waals surface area contributed by atoms with Gasteiger partial charge in [-0.15, -0.1) is 0 Å². The molecule has 3 N–H and O–H groups in total. The van der Waals surface area contributed by atoms with Crippen LogP contribution in [-0.4, -0.2) is 102 Å². The molecule has 4 fully saturated rings. The maximum Gasteiger partial charge on any atom is 0.262 e. The monoisotopic (exact) mass is 854 g/mol. The van der Waals surface area contributed by atoms with Crippen molar-refractivity contribution in [2.45, 2.75) is 71.4 Å². The molecule has 326 valence electrons. The number of amides is 5. The van der Waals surface area contributed by atoms with Crippen LogP contribution in [0.3, 0.4) is 0 Å². The first-order valence-corrected chi connectivity index (χ1v) is 21.7. The molecular formula is C48H51FN8O6. The average molecular weight is 855 g/mol. The van der Waals surface area contributed by atoms with Gasteiger partial charge in [0.1, 0.15) is 24.0 Å². The zero-order valence-corrected chi connectivity index (χ0v) is 35.9. The highest BCUT2D eigenvalue weighted by atomic mass is 19.1. The maximum absolute atomic E-state index is 17.2. The Morgan fingerprint density at radius 3 is 2.30 bits per heavy atom. The molecule has 0 radical (unpaired) electrons. The minimum atomic E-state index is -1.00. The molecule has 5 amide bonds. The number of hydrogen-bond acceptors (Lipinski definition) is 11. The van der Waals surface area contributed by atoms with Crippen molar-refractivity contribution in [3.63, 3.8) is 0 Å². The number of ether oxygens (including phenoxy) is 1. The Morgan fingerprint density at radius 2 is 1.62 bits per heavy atom. The van der Waals surface area contributed by atoms with E-state index in [1.54, 1.807) is 48.7 Å². The van der Waals surface area contributed by atoms with Gasteiger partial charge < -0.3 is 20.3 Å². The Labute approximate surface area is 365 Å². The minimum Gasteiger partial charge on any atom is -0.489 e. The van der Waals surface area contributed by atoms with Crippen molar-refractivity contribution in [3.8, 4) is 11.8 Å². The van der Waals surface area contributed by atoms with Crippen LogP contribution in [0.15, 0.2) is 60.8 Å². The van der Waals surface area contributed by atoms with E-state index in [0.717, 1.165) is 61.5 Å². The zero-order chi connectivity index (χ0) is 44.5. The molecule has 4 aliphatic heterocycles. The molecule has 1 saturated carbocycles. The number of hydrogen-bond donors (Lipinski definition) is 2. The Morgan fingerprint density at radius 1 is 0.905 bits per heavy atom. The number of anilines is 2. The first-order chi connectivity index (χ1) is 30.1. The summed E-state index contributed by atoms with van der Waals surface area (Å²) in [4.78, 5) is 75.8. The van der Waals surface area contributed by atoms with Crippen LogP contribution in [0.1, 0.15) is 101 Å². The van der Waals surface area contributed by atoms with E-state index in [0.29, 0.717) is 47.1 Å². The molecule has 0 spiro atoms. The number of rotatable bonds is 9. The van der Waals surface area contributed by atoms with Gasteiger partial charge in [0.2, 0.25) is 17.7 Å². The minimum absolute atomic E-state index is 0.0694. The second kappa shape index (κ2) is 15.7. The second-order valence-corrected chi connectivity index (χ2v) is 18.8. The Bertz CT molecular complexity index is 2610. The number of aromatic nitrogens is 1. The van der Waals surface area contributed by atoms with Gasteiger partial charge in [-0.1, -0.05) is 27.7 Å². The summed E-state index contributed by atoms with van der Waals surface area (Å²) < 4.78 is 23.9. The molecule has 1 aromatic heterocycles. The fourth-order valence-corrected chi connectivity index (χ4v) is 11.5. The predicted molar refractivity (Wildman–Crippen MR) is 233 cm³/mol. The van der Waals surface area contributed by atoms with Crippen LogP contribution < -0.4 is 25.6 Å². The Kier molecular flexibility index (Phi) is 10.5. The van der Waals surface area contributed by atoms with Crippen molar-refractivity contribution >= 4 is 51.8 Å². The third-order valence-electron chi connectivity index (χ3n) is 14.3. The number of benzene rings is 3. The lowest BCUT2D eigenvalue weighted by atomic mass is 9.43. The van der Waals surface area contributed by atoms with Crippen LogP contribution in [0, 0.1) is 33.9 Å². The van der Waals surface area contributed by atoms with E-state index in [-0.39, 0.29) is 35.6 Å². The summed E-state index contributed by atoms with van der Waals surface area (Å²) in [6.45, 7) is 13.5. The predicted octanol–water partition coefficient (Wildman–Crippen LogP) is 5.38. The summed E-state index contributed by atoms with van der Waals surface area (Å²) in [5.74, 6) is -2.56.